The first-order valence-corrected chi connectivity index (χ1v) is 8.56. The van der Waals surface area contributed by atoms with Crippen LogP contribution in [0.15, 0.2) is 24.3 Å². The smallest absolute Gasteiger partial charge is 0.320 e. The van der Waals surface area contributed by atoms with Crippen LogP contribution in [0.4, 0.5) is 4.79 Å². The van der Waals surface area contributed by atoms with Gasteiger partial charge in [0, 0.05) is 45.6 Å². The van der Waals surface area contributed by atoms with Gasteiger partial charge in [-0.15, -0.1) is 12.4 Å². The summed E-state index contributed by atoms with van der Waals surface area (Å²) in [5.41, 5.74) is 6.59. The van der Waals surface area contributed by atoms with Gasteiger partial charge in [0.05, 0.1) is 19.7 Å². The Bertz CT molecular complexity index is 652. The Labute approximate surface area is 160 Å². The number of methoxy groups -OCH3 is 1. The minimum atomic E-state index is -0.0404. The number of urea groups is 1. The molecule has 0 aliphatic carbocycles. The van der Waals surface area contributed by atoms with Crippen molar-refractivity contribution < 1.29 is 14.3 Å². The molecule has 8 heteroatoms. The molecule has 3 amide bonds. The average molecular weight is 383 g/mol. The van der Waals surface area contributed by atoms with Crippen molar-refractivity contribution in [3.8, 4) is 5.75 Å². The van der Waals surface area contributed by atoms with Crippen molar-refractivity contribution in [1.29, 1.82) is 0 Å². The first-order chi connectivity index (χ1) is 12.0. The number of nitrogens with zero attached hydrogens (tertiary/aromatic N) is 3. The number of carbonyl (C=O) groups excluding carboxylic acids is 2. The summed E-state index contributed by atoms with van der Waals surface area (Å²) in [6.45, 7) is 2.01. The zero-order valence-electron chi connectivity index (χ0n) is 15.4. The average Bonchev–Trinajstić information content (AvgIpc) is 3.18. The maximum Gasteiger partial charge on any atom is 0.320 e. The molecule has 144 valence electrons. The molecule has 26 heavy (non-hydrogen) atoms. The highest BCUT2D eigenvalue weighted by molar-refractivity contribution is 5.85. The molecule has 2 N–H and O–H groups in total. The van der Waals surface area contributed by atoms with E-state index in [2.05, 4.69) is 0 Å². The van der Waals surface area contributed by atoms with Gasteiger partial charge in [0.15, 0.2) is 0 Å². The van der Waals surface area contributed by atoms with Crippen LogP contribution in [0.1, 0.15) is 11.6 Å². The summed E-state index contributed by atoms with van der Waals surface area (Å²) in [5.74, 6) is 1.28. The molecule has 0 aromatic heterocycles. The molecule has 2 saturated heterocycles. The third-order valence-electron chi connectivity index (χ3n) is 5.28. The van der Waals surface area contributed by atoms with Gasteiger partial charge in [-0.25, -0.2) is 4.79 Å². The van der Waals surface area contributed by atoms with Crippen molar-refractivity contribution >= 4 is 24.3 Å². The molecule has 2 aliphatic heterocycles. The molecular weight excluding hydrogens is 356 g/mol. The monoisotopic (exact) mass is 382 g/mol. The summed E-state index contributed by atoms with van der Waals surface area (Å²) >= 11 is 0. The highest BCUT2D eigenvalue weighted by Gasteiger charge is 2.50. The Morgan fingerprint density at radius 2 is 1.85 bits per heavy atom. The van der Waals surface area contributed by atoms with E-state index in [1.54, 1.807) is 26.1 Å². The van der Waals surface area contributed by atoms with Crippen molar-refractivity contribution in [2.45, 2.75) is 6.04 Å². The Morgan fingerprint density at radius 1 is 1.19 bits per heavy atom. The molecular formula is C18H27ClN4O3. The number of carbonyl (C=O) groups is 2. The normalized spacial score (nSPS) is 24.1. The van der Waals surface area contributed by atoms with Gasteiger partial charge < -0.3 is 25.2 Å². The fourth-order valence-corrected chi connectivity index (χ4v) is 4.06. The van der Waals surface area contributed by atoms with Crippen LogP contribution in [0.2, 0.25) is 0 Å². The number of ether oxygens (including phenoxy) is 1. The van der Waals surface area contributed by atoms with Crippen molar-refractivity contribution in [2.24, 2.45) is 17.6 Å². The lowest BCUT2D eigenvalue weighted by Crippen LogP contribution is -2.42. The largest absolute Gasteiger partial charge is 0.497 e. The molecule has 2 aliphatic rings. The number of nitrogens with two attached hydrogens (primary N) is 1. The maximum atomic E-state index is 12.7. The third kappa shape index (κ3) is 3.59. The van der Waals surface area contributed by atoms with E-state index >= 15 is 0 Å². The molecule has 0 bridgehead atoms. The zero-order chi connectivity index (χ0) is 18.1. The van der Waals surface area contributed by atoms with Crippen LogP contribution in [0.3, 0.4) is 0 Å². The minimum Gasteiger partial charge on any atom is -0.497 e. The van der Waals surface area contributed by atoms with E-state index in [9.17, 15) is 9.59 Å². The van der Waals surface area contributed by atoms with Gasteiger partial charge in [0.25, 0.3) is 0 Å². The molecule has 2 fully saturated rings. The van der Waals surface area contributed by atoms with Gasteiger partial charge in [-0.05, 0) is 17.7 Å². The molecule has 1 aromatic rings. The van der Waals surface area contributed by atoms with Gasteiger partial charge >= 0.3 is 6.03 Å². The summed E-state index contributed by atoms with van der Waals surface area (Å²) in [7, 11) is 5.17. The Balaban J connectivity index is 0.00000243. The third-order valence-corrected chi connectivity index (χ3v) is 5.28. The number of likely N-dealkylation sites (tertiary alicyclic amines) is 2. The van der Waals surface area contributed by atoms with Crippen molar-refractivity contribution in [2.75, 3.05) is 47.4 Å². The molecule has 3 rings (SSSR count). The van der Waals surface area contributed by atoms with E-state index in [0.29, 0.717) is 19.6 Å². The van der Waals surface area contributed by atoms with E-state index in [-0.39, 0.29) is 48.8 Å². The lowest BCUT2D eigenvalue weighted by Gasteiger charge is -2.32. The quantitative estimate of drug-likeness (QED) is 0.851. The fourth-order valence-electron chi connectivity index (χ4n) is 4.06. The molecule has 7 nitrogen and oxygen atoms in total. The number of fused-ring (bicyclic) bond motifs is 1. The Morgan fingerprint density at radius 3 is 2.38 bits per heavy atom. The van der Waals surface area contributed by atoms with Crippen LogP contribution in [0, 0.1) is 11.8 Å². The number of benzene rings is 1. The summed E-state index contributed by atoms with van der Waals surface area (Å²) in [6, 6.07) is 7.82. The van der Waals surface area contributed by atoms with Crippen LogP contribution >= 0.6 is 12.4 Å². The highest BCUT2D eigenvalue weighted by Crippen LogP contribution is 2.45. The van der Waals surface area contributed by atoms with Crippen molar-refractivity contribution in [3.63, 3.8) is 0 Å². The van der Waals surface area contributed by atoms with E-state index < -0.39 is 0 Å². The first kappa shape index (κ1) is 20.3. The van der Waals surface area contributed by atoms with Gasteiger partial charge in [0.1, 0.15) is 5.75 Å². The standard InChI is InChI=1S/C18H26N4O3.ClH/c1-20(2)18(24)22-10-13-9-21(16(23)8-19)11-15(13)17(22)12-4-6-14(25-3)7-5-12;/h4-7,13,15,17H,8-11,19H2,1-3H3;1H/t13-,15-,17+;/m1./s1. The molecule has 2 heterocycles. The zero-order valence-corrected chi connectivity index (χ0v) is 16.2. The lowest BCUT2D eigenvalue weighted by molar-refractivity contribution is -0.129. The lowest BCUT2D eigenvalue weighted by atomic mass is 9.89. The fraction of sp³-hybridized carbons (Fsp3) is 0.556. The van der Waals surface area contributed by atoms with E-state index in [4.69, 9.17) is 10.5 Å². The molecule has 0 saturated carbocycles. The van der Waals surface area contributed by atoms with Crippen molar-refractivity contribution in [1.82, 2.24) is 14.7 Å². The SMILES string of the molecule is COc1ccc([C@H]2[C@@H]3CN(C(=O)CN)C[C@@H]3CN2C(=O)N(C)C)cc1.Cl. The van der Waals surface area contributed by atoms with Gasteiger partial charge in [-0.2, -0.15) is 0 Å². The van der Waals surface area contributed by atoms with E-state index in [1.807, 2.05) is 34.1 Å². The predicted octanol–water partition coefficient (Wildman–Crippen LogP) is 1.19. The Kier molecular flexibility index (Phi) is 6.36. The van der Waals surface area contributed by atoms with E-state index in [0.717, 1.165) is 11.3 Å². The second-order valence-corrected chi connectivity index (χ2v) is 6.97. The molecule has 3 atom stereocenters. The highest BCUT2D eigenvalue weighted by atomic mass is 35.5. The number of rotatable bonds is 3. The van der Waals surface area contributed by atoms with Crippen molar-refractivity contribution in [3.05, 3.63) is 29.8 Å². The maximum absolute atomic E-state index is 12.7. The van der Waals surface area contributed by atoms with Gasteiger partial charge in [-0.3, -0.25) is 4.79 Å². The van der Waals surface area contributed by atoms with Crippen LogP contribution in [0.5, 0.6) is 5.75 Å². The molecule has 1 aromatic carbocycles. The first-order valence-electron chi connectivity index (χ1n) is 8.56. The topological polar surface area (TPSA) is 79.1 Å². The van der Waals surface area contributed by atoms with Crippen LogP contribution in [-0.2, 0) is 4.79 Å². The summed E-state index contributed by atoms with van der Waals surface area (Å²) in [6.07, 6.45) is 0. The number of hydrogen-bond acceptors (Lipinski definition) is 4. The van der Waals surface area contributed by atoms with Gasteiger partial charge in [-0.1, -0.05) is 12.1 Å². The molecule has 0 radical (unpaired) electrons. The summed E-state index contributed by atoms with van der Waals surface area (Å²) in [5, 5.41) is 0. The number of hydrogen-bond donors (Lipinski definition) is 1. The predicted molar refractivity (Wildman–Crippen MR) is 101 cm³/mol. The van der Waals surface area contributed by atoms with Crippen LogP contribution in [-0.4, -0.2) is 74.0 Å². The number of halogens is 1. The second kappa shape index (κ2) is 8.14. The van der Waals surface area contributed by atoms with Crippen LogP contribution in [0.25, 0.3) is 0 Å². The second-order valence-electron chi connectivity index (χ2n) is 6.97. The minimum absolute atomic E-state index is 0. The molecule has 0 unspecified atom stereocenters. The summed E-state index contributed by atoms with van der Waals surface area (Å²) in [4.78, 5) is 30.1. The summed E-state index contributed by atoms with van der Waals surface area (Å²) < 4.78 is 5.24. The molecule has 0 spiro atoms. The van der Waals surface area contributed by atoms with Crippen LogP contribution < -0.4 is 10.5 Å². The van der Waals surface area contributed by atoms with E-state index in [1.165, 1.54) is 0 Å². The van der Waals surface area contributed by atoms with Gasteiger partial charge in [0.2, 0.25) is 5.91 Å². The Hall–Kier alpha value is -1.99. The number of amides is 3.